The number of fused-ring (bicyclic) bond motifs is 1. The zero-order valence-corrected chi connectivity index (χ0v) is 20.7. The zero-order chi connectivity index (χ0) is 23.0. The summed E-state index contributed by atoms with van der Waals surface area (Å²) >= 11 is 6.11. The lowest BCUT2D eigenvalue weighted by Crippen LogP contribution is -2.39. The molecule has 0 aliphatic heterocycles. The van der Waals surface area contributed by atoms with Crippen LogP contribution < -0.4 is 0 Å². The van der Waals surface area contributed by atoms with Crippen LogP contribution in [0.4, 0.5) is 0 Å². The van der Waals surface area contributed by atoms with E-state index in [4.69, 9.17) is 11.6 Å². The van der Waals surface area contributed by atoms with Gasteiger partial charge in [-0.3, -0.25) is 0 Å². The SMILES string of the molecule is C=C1/C(=C\C=C2/CCC[C@]3(C)[C@@H]([C@H](C)CCCC(C)(C)O)CC[C@@H]23)C[C@@H](O)[C@@H](Cl)[C@@H]1O. The lowest BCUT2D eigenvalue weighted by molar-refractivity contribution is 0.0596. The summed E-state index contributed by atoms with van der Waals surface area (Å²) in [5.74, 6) is 2.03. The fourth-order valence-corrected chi connectivity index (χ4v) is 6.96. The van der Waals surface area contributed by atoms with Crippen LogP contribution in [0.15, 0.2) is 35.5 Å². The van der Waals surface area contributed by atoms with Gasteiger partial charge in [-0.2, -0.15) is 0 Å². The van der Waals surface area contributed by atoms with E-state index in [0.717, 1.165) is 30.8 Å². The third kappa shape index (κ3) is 5.49. The monoisotopic (exact) mass is 450 g/mol. The Morgan fingerprint density at radius 3 is 2.65 bits per heavy atom. The van der Waals surface area contributed by atoms with Crippen LogP contribution in [0.1, 0.15) is 85.5 Å². The van der Waals surface area contributed by atoms with E-state index in [2.05, 4.69) is 32.6 Å². The molecule has 31 heavy (non-hydrogen) atoms. The van der Waals surface area contributed by atoms with Crippen LogP contribution in [0, 0.1) is 23.2 Å². The average molecular weight is 451 g/mol. The highest BCUT2D eigenvalue weighted by molar-refractivity contribution is 6.21. The standard InChI is InChI=1S/C27H43ClO3/c1-17(8-6-14-26(3,4)31)21-12-13-22-19(9-7-15-27(21,22)5)10-11-20-16-23(29)24(28)25(30)18(20)2/h10-11,17,21-25,29-31H,2,6-9,12-16H2,1,3-5H3/b19-10+,20-11-/t17-,21-,22+,23-,24-,25-,27-/m1/s1. The first-order chi connectivity index (χ1) is 14.4. The number of rotatable bonds is 6. The molecule has 0 aromatic heterocycles. The summed E-state index contributed by atoms with van der Waals surface area (Å²) in [6.07, 6.45) is 12.5. The van der Waals surface area contributed by atoms with Crippen LogP contribution in [-0.2, 0) is 0 Å². The smallest absolute Gasteiger partial charge is 0.0975 e. The number of hydrogen-bond donors (Lipinski definition) is 3. The molecule has 3 N–H and O–H groups in total. The highest BCUT2D eigenvalue weighted by atomic mass is 35.5. The molecule has 0 amide bonds. The van der Waals surface area contributed by atoms with Crippen LogP contribution in [0.2, 0.25) is 0 Å². The van der Waals surface area contributed by atoms with Gasteiger partial charge >= 0.3 is 0 Å². The third-order valence-electron chi connectivity index (χ3n) is 8.54. The fraction of sp³-hybridized carbons (Fsp3) is 0.778. The van der Waals surface area contributed by atoms with Gasteiger partial charge in [-0.25, -0.2) is 0 Å². The molecule has 7 atom stereocenters. The minimum absolute atomic E-state index is 0.348. The van der Waals surface area contributed by atoms with Gasteiger partial charge in [-0.1, -0.05) is 51.0 Å². The molecule has 0 bridgehead atoms. The van der Waals surface area contributed by atoms with Crippen molar-refractivity contribution in [3.05, 3.63) is 35.5 Å². The van der Waals surface area contributed by atoms with E-state index in [0.29, 0.717) is 29.2 Å². The van der Waals surface area contributed by atoms with Gasteiger partial charge in [0, 0.05) is 6.42 Å². The highest BCUT2D eigenvalue weighted by Crippen LogP contribution is 2.60. The summed E-state index contributed by atoms with van der Waals surface area (Å²) in [4.78, 5) is 0. The molecule has 3 fully saturated rings. The summed E-state index contributed by atoms with van der Waals surface area (Å²) < 4.78 is 0. The molecule has 176 valence electrons. The molecule has 3 rings (SSSR count). The van der Waals surface area contributed by atoms with E-state index in [9.17, 15) is 15.3 Å². The second kappa shape index (κ2) is 9.71. The second-order valence-corrected chi connectivity index (χ2v) is 11.9. The quantitative estimate of drug-likeness (QED) is 0.440. The van der Waals surface area contributed by atoms with Gasteiger partial charge in [0.2, 0.25) is 0 Å². The van der Waals surface area contributed by atoms with Crippen LogP contribution in [0.5, 0.6) is 0 Å². The molecular formula is C27H43ClO3. The Hall–Kier alpha value is -0.610. The number of aliphatic hydroxyl groups is 3. The van der Waals surface area contributed by atoms with Gasteiger partial charge in [0.15, 0.2) is 0 Å². The Morgan fingerprint density at radius 2 is 1.97 bits per heavy atom. The maximum atomic E-state index is 10.3. The molecule has 0 heterocycles. The molecule has 0 radical (unpaired) electrons. The molecule has 3 aliphatic rings. The van der Waals surface area contributed by atoms with Crippen molar-refractivity contribution in [1.82, 2.24) is 0 Å². The Morgan fingerprint density at radius 1 is 1.26 bits per heavy atom. The van der Waals surface area contributed by atoms with Crippen LogP contribution >= 0.6 is 11.6 Å². The van der Waals surface area contributed by atoms with Crippen molar-refractivity contribution < 1.29 is 15.3 Å². The Labute approximate surface area is 194 Å². The lowest BCUT2D eigenvalue weighted by atomic mass is 9.60. The molecule has 3 aliphatic carbocycles. The molecule has 0 unspecified atom stereocenters. The summed E-state index contributed by atoms with van der Waals surface area (Å²) in [5.41, 5.74) is 2.87. The van der Waals surface area contributed by atoms with E-state index >= 15 is 0 Å². The van der Waals surface area contributed by atoms with E-state index in [1.165, 1.54) is 37.7 Å². The second-order valence-electron chi connectivity index (χ2n) is 11.4. The predicted molar refractivity (Wildman–Crippen MR) is 129 cm³/mol. The normalized spacial score (nSPS) is 40.4. The van der Waals surface area contributed by atoms with Crippen molar-refractivity contribution >= 4 is 11.6 Å². The molecule has 3 saturated carbocycles. The number of halogens is 1. The first kappa shape index (κ1) is 25.0. The van der Waals surface area contributed by atoms with Crippen molar-refractivity contribution in [3.8, 4) is 0 Å². The van der Waals surface area contributed by atoms with Gasteiger partial charge in [-0.05, 0) is 86.7 Å². The van der Waals surface area contributed by atoms with E-state index < -0.39 is 23.2 Å². The van der Waals surface area contributed by atoms with Crippen molar-refractivity contribution in [2.75, 3.05) is 0 Å². The average Bonchev–Trinajstić information content (AvgIpc) is 3.04. The van der Waals surface area contributed by atoms with Gasteiger partial charge < -0.3 is 15.3 Å². The summed E-state index contributed by atoms with van der Waals surface area (Å²) in [5, 5.41) is 29.8. The molecule has 4 heteroatoms. The maximum absolute atomic E-state index is 10.3. The molecule has 3 nitrogen and oxygen atoms in total. The lowest BCUT2D eigenvalue weighted by Gasteiger charge is -2.44. The molecule has 0 aromatic carbocycles. The maximum Gasteiger partial charge on any atom is 0.0975 e. The van der Waals surface area contributed by atoms with Crippen molar-refractivity contribution in [1.29, 1.82) is 0 Å². The van der Waals surface area contributed by atoms with E-state index in [1.54, 1.807) is 0 Å². The number of allylic oxidation sites excluding steroid dienone is 3. The Bertz CT molecular complexity index is 718. The third-order valence-corrected chi connectivity index (χ3v) is 9.07. The molecule has 0 spiro atoms. The van der Waals surface area contributed by atoms with Crippen molar-refractivity contribution in [2.24, 2.45) is 23.2 Å². The number of hydrogen-bond acceptors (Lipinski definition) is 3. The van der Waals surface area contributed by atoms with E-state index in [-0.39, 0.29) is 0 Å². The van der Waals surface area contributed by atoms with Gasteiger partial charge in [-0.15, -0.1) is 11.6 Å². The fourth-order valence-electron chi connectivity index (χ4n) is 6.72. The number of alkyl halides is 1. The van der Waals surface area contributed by atoms with Crippen molar-refractivity contribution in [2.45, 2.75) is 109 Å². The predicted octanol–water partition coefficient (Wildman–Crippen LogP) is 5.92. The van der Waals surface area contributed by atoms with Gasteiger partial charge in [0.25, 0.3) is 0 Å². The zero-order valence-electron chi connectivity index (χ0n) is 19.9. The van der Waals surface area contributed by atoms with Crippen LogP contribution in [0.3, 0.4) is 0 Å². The summed E-state index contributed by atoms with van der Waals surface area (Å²) in [6, 6.07) is 0. The first-order valence-electron chi connectivity index (χ1n) is 12.3. The molecular weight excluding hydrogens is 408 g/mol. The van der Waals surface area contributed by atoms with E-state index in [1.807, 2.05) is 13.8 Å². The Balaban J connectivity index is 1.71. The van der Waals surface area contributed by atoms with Crippen LogP contribution in [-0.4, -0.2) is 38.5 Å². The summed E-state index contributed by atoms with van der Waals surface area (Å²) in [6.45, 7) is 12.8. The number of aliphatic hydroxyl groups excluding tert-OH is 2. The van der Waals surface area contributed by atoms with Gasteiger partial charge in [0.1, 0.15) is 0 Å². The molecule has 0 saturated heterocycles. The summed E-state index contributed by atoms with van der Waals surface area (Å²) in [7, 11) is 0. The minimum Gasteiger partial charge on any atom is -0.391 e. The van der Waals surface area contributed by atoms with Crippen molar-refractivity contribution in [3.63, 3.8) is 0 Å². The molecule has 0 aromatic rings. The van der Waals surface area contributed by atoms with Gasteiger partial charge in [0.05, 0.1) is 23.2 Å². The topological polar surface area (TPSA) is 60.7 Å². The van der Waals surface area contributed by atoms with Crippen LogP contribution in [0.25, 0.3) is 0 Å². The first-order valence-corrected chi connectivity index (χ1v) is 12.7. The largest absolute Gasteiger partial charge is 0.391 e. The Kier molecular flexibility index (Phi) is 7.84. The minimum atomic E-state index is -0.882. The highest BCUT2D eigenvalue weighted by Gasteiger charge is 2.50.